The Hall–Kier alpha value is -5.17. The van der Waals surface area contributed by atoms with E-state index < -0.39 is 63.9 Å². The summed E-state index contributed by atoms with van der Waals surface area (Å²) >= 11 is 0. The first-order valence-electron chi connectivity index (χ1n) is 16.0. The molecular formula is C36H34F3N5O5. The molecule has 5 heterocycles. The van der Waals surface area contributed by atoms with Crippen LogP contribution in [0.15, 0.2) is 54.0 Å². The normalized spacial score (nSPS) is 19.3. The Bertz CT molecular complexity index is 2130. The Morgan fingerprint density at radius 3 is 2.43 bits per heavy atom. The molecular weight excluding hydrogens is 639 g/mol. The lowest BCUT2D eigenvalue weighted by atomic mass is 9.93. The van der Waals surface area contributed by atoms with Gasteiger partial charge in [-0.3, -0.25) is 28.8 Å². The van der Waals surface area contributed by atoms with Gasteiger partial charge in [0, 0.05) is 24.2 Å². The zero-order valence-electron chi connectivity index (χ0n) is 27.3. The number of aryl methyl sites for hydroxylation is 1. The zero-order valence-corrected chi connectivity index (χ0v) is 27.3. The minimum atomic E-state index is -1.28. The highest BCUT2D eigenvalue weighted by Crippen LogP contribution is 2.47. The molecule has 2 amide bonds. The fourth-order valence-corrected chi connectivity index (χ4v) is 7.30. The van der Waals surface area contributed by atoms with Crippen LogP contribution >= 0.6 is 0 Å². The summed E-state index contributed by atoms with van der Waals surface area (Å²) in [5.41, 5.74) is -1.46. The van der Waals surface area contributed by atoms with Crippen LogP contribution < -0.4 is 15.4 Å². The van der Waals surface area contributed by atoms with Gasteiger partial charge in [0.15, 0.2) is 5.82 Å². The van der Waals surface area contributed by atoms with E-state index in [2.05, 4.69) is 11.6 Å². The molecule has 0 bridgehead atoms. The molecule has 2 fully saturated rings. The first-order chi connectivity index (χ1) is 23.4. The Balaban J connectivity index is 1.66. The molecule has 254 valence electrons. The maximum Gasteiger partial charge on any atom is 0.281 e. The van der Waals surface area contributed by atoms with Crippen molar-refractivity contribution in [2.45, 2.75) is 51.7 Å². The average Bonchev–Trinajstić information content (AvgIpc) is 3.03. The third-order valence-electron chi connectivity index (χ3n) is 9.70. The second kappa shape index (κ2) is 11.8. The molecule has 0 radical (unpaired) electrons. The van der Waals surface area contributed by atoms with Crippen LogP contribution in [0, 0.1) is 24.4 Å². The number of rotatable bonds is 5. The number of amides is 2. The Morgan fingerprint density at radius 2 is 1.80 bits per heavy atom. The molecule has 2 saturated heterocycles. The number of aromatic hydroxyl groups is 1. The van der Waals surface area contributed by atoms with E-state index in [0.29, 0.717) is 11.3 Å². The summed E-state index contributed by atoms with van der Waals surface area (Å²) in [5.74, 6) is -5.34. The SMILES string of the molecule is C=CC(=O)N1CC2C(=O)N(C3COC3)c3c(c4cc(F)c(-c5c(O)cccc5F)c(F)c4n(-c4c(C)ccnc4C(C)C)c3=O)N2CC1C. The number of carbonyl (C=O) groups excluding carboxylic acids is 2. The van der Waals surface area contributed by atoms with Crippen LogP contribution in [0.3, 0.4) is 0 Å². The molecule has 2 aromatic carbocycles. The van der Waals surface area contributed by atoms with Gasteiger partial charge in [-0.25, -0.2) is 13.2 Å². The van der Waals surface area contributed by atoms with Crippen molar-refractivity contribution in [1.82, 2.24) is 14.5 Å². The van der Waals surface area contributed by atoms with E-state index in [4.69, 9.17) is 4.74 Å². The molecule has 0 spiro atoms. The lowest BCUT2D eigenvalue weighted by Crippen LogP contribution is -2.69. The summed E-state index contributed by atoms with van der Waals surface area (Å²) in [5, 5.41) is 10.6. The second-order valence-corrected chi connectivity index (χ2v) is 13.0. The van der Waals surface area contributed by atoms with Gasteiger partial charge in [-0.15, -0.1) is 0 Å². The molecule has 2 atom stereocenters. The monoisotopic (exact) mass is 673 g/mol. The smallest absolute Gasteiger partial charge is 0.281 e. The first kappa shape index (κ1) is 32.4. The molecule has 0 aliphatic carbocycles. The van der Waals surface area contributed by atoms with E-state index in [9.17, 15) is 14.7 Å². The molecule has 49 heavy (non-hydrogen) atoms. The summed E-state index contributed by atoms with van der Waals surface area (Å²) in [4.78, 5) is 51.4. The highest BCUT2D eigenvalue weighted by molar-refractivity contribution is 6.13. The number of benzene rings is 2. The topological polar surface area (TPSA) is 108 Å². The van der Waals surface area contributed by atoms with Crippen LogP contribution in [0.2, 0.25) is 0 Å². The predicted molar refractivity (Wildman–Crippen MR) is 178 cm³/mol. The van der Waals surface area contributed by atoms with Crippen LogP contribution in [0.25, 0.3) is 27.7 Å². The minimum absolute atomic E-state index is 0.0544. The van der Waals surface area contributed by atoms with Crippen LogP contribution in [-0.4, -0.2) is 75.8 Å². The molecule has 7 rings (SSSR count). The molecule has 1 N–H and O–H groups in total. The molecule has 2 unspecified atom stereocenters. The Kier molecular flexibility index (Phi) is 7.77. The van der Waals surface area contributed by atoms with Crippen molar-refractivity contribution in [3.8, 4) is 22.6 Å². The molecule has 10 nitrogen and oxygen atoms in total. The van der Waals surface area contributed by atoms with Gasteiger partial charge < -0.3 is 19.6 Å². The van der Waals surface area contributed by atoms with Crippen LogP contribution in [0.4, 0.5) is 24.5 Å². The average molecular weight is 674 g/mol. The molecule has 3 aliphatic heterocycles. The van der Waals surface area contributed by atoms with Gasteiger partial charge in [0.2, 0.25) is 5.91 Å². The van der Waals surface area contributed by atoms with E-state index in [0.717, 1.165) is 28.8 Å². The van der Waals surface area contributed by atoms with Gasteiger partial charge in [0.1, 0.15) is 29.1 Å². The van der Waals surface area contributed by atoms with Gasteiger partial charge in [0.05, 0.1) is 59.5 Å². The molecule has 2 aromatic heterocycles. The second-order valence-electron chi connectivity index (χ2n) is 13.0. The largest absolute Gasteiger partial charge is 0.507 e. The number of hydrogen-bond donors (Lipinski definition) is 1. The van der Waals surface area contributed by atoms with Gasteiger partial charge in [-0.1, -0.05) is 26.5 Å². The van der Waals surface area contributed by atoms with Gasteiger partial charge in [-0.05, 0) is 55.7 Å². The van der Waals surface area contributed by atoms with Crippen molar-refractivity contribution in [3.63, 3.8) is 0 Å². The number of aromatic nitrogens is 2. The predicted octanol–water partition coefficient (Wildman–Crippen LogP) is 4.94. The standard InChI is InChI=1S/C36H34F3N5O5/c1-6-26(46)41-14-24-35(47)43(20-15-49-16-20)34-33(42(24)13-19(41)5)21-12-23(38)28(27-22(37)8-7-9-25(27)45)29(39)32(21)44(36(34)48)31-18(4)10-11-40-30(31)17(2)3/h6-12,17,19-20,24,45H,1,13-16H2,2-5H3. The Labute approximate surface area is 279 Å². The van der Waals surface area contributed by atoms with Crippen LogP contribution in [0.1, 0.15) is 37.9 Å². The number of fused-ring (bicyclic) bond motifs is 5. The number of hydrogen-bond acceptors (Lipinski definition) is 7. The fraction of sp³-hybridized carbons (Fsp3) is 0.333. The summed E-state index contributed by atoms with van der Waals surface area (Å²) in [6.45, 7) is 11.0. The number of piperazine rings is 1. The van der Waals surface area contributed by atoms with E-state index in [1.807, 2.05) is 13.8 Å². The van der Waals surface area contributed by atoms with Crippen molar-refractivity contribution in [3.05, 3.63) is 88.2 Å². The Morgan fingerprint density at radius 1 is 1.06 bits per heavy atom. The summed E-state index contributed by atoms with van der Waals surface area (Å²) in [6, 6.07) is 3.93. The molecule has 0 saturated carbocycles. The third kappa shape index (κ3) is 4.73. The minimum Gasteiger partial charge on any atom is -0.507 e. The maximum absolute atomic E-state index is 17.4. The molecule has 3 aliphatic rings. The van der Waals surface area contributed by atoms with Gasteiger partial charge >= 0.3 is 0 Å². The van der Waals surface area contributed by atoms with Gasteiger partial charge in [-0.2, -0.15) is 0 Å². The molecule has 13 heteroatoms. The summed E-state index contributed by atoms with van der Waals surface area (Å²) in [7, 11) is 0. The zero-order chi connectivity index (χ0) is 35.0. The number of phenols is 1. The van der Waals surface area contributed by atoms with Crippen molar-refractivity contribution < 1.29 is 32.6 Å². The number of anilines is 2. The summed E-state index contributed by atoms with van der Waals surface area (Å²) < 4.78 is 55.6. The number of ether oxygens (including phenoxy) is 1. The van der Waals surface area contributed by atoms with Crippen LogP contribution in [0.5, 0.6) is 5.75 Å². The van der Waals surface area contributed by atoms with Crippen molar-refractivity contribution >= 4 is 34.1 Å². The van der Waals surface area contributed by atoms with E-state index in [-0.39, 0.29) is 66.1 Å². The maximum atomic E-state index is 17.4. The number of halogens is 3. The number of phenolic OH excluding ortho intramolecular Hbond substituents is 1. The first-order valence-corrected chi connectivity index (χ1v) is 16.0. The van der Waals surface area contributed by atoms with Gasteiger partial charge in [0.25, 0.3) is 11.5 Å². The fourth-order valence-electron chi connectivity index (χ4n) is 7.30. The highest BCUT2D eigenvalue weighted by atomic mass is 19.1. The van der Waals surface area contributed by atoms with E-state index >= 15 is 18.0 Å². The lowest BCUT2D eigenvalue weighted by molar-refractivity contribution is -0.131. The summed E-state index contributed by atoms with van der Waals surface area (Å²) in [6.07, 6.45) is 2.72. The molecule has 4 aromatic rings. The van der Waals surface area contributed by atoms with Crippen molar-refractivity contribution in [1.29, 1.82) is 0 Å². The number of nitrogens with zero attached hydrogens (tertiary/aromatic N) is 5. The number of carbonyl (C=O) groups is 2. The third-order valence-corrected chi connectivity index (χ3v) is 9.70. The quantitative estimate of drug-likeness (QED) is 0.299. The van der Waals surface area contributed by atoms with Crippen molar-refractivity contribution in [2.24, 2.45) is 0 Å². The van der Waals surface area contributed by atoms with Crippen molar-refractivity contribution in [2.75, 3.05) is 36.1 Å². The van der Waals surface area contributed by atoms with Crippen LogP contribution in [-0.2, 0) is 14.3 Å². The highest BCUT2D eigenvalue weighted by Gasteiger charge is 2.50. The number of pyridine rings is 2. The van der Waals surface area contributed by atoms with E-state index in [1.165, 1.54) is 15.9 Å². The van der Waals surface area contributed by atoms with E-state index in [1.54, 1.807) is 31.0 Å². The lowest BCUT2D eigenvalue weighted by Gasteiger charge is -2.52.